The van der Waals surface area contributed by atoms with Crippen LogP contribution < -0.4 is 4.74 Å². The number of aliphatic imine (C=N–C) groups is 1. The van der Waals surface area contributed by atoms with Crippen molar-refractivity contribution in [2.45, 2.75) is 0 Å². The molecule has 0 unspecified atom stereocenters. The first-order valence-corrected chi connectivity index (χ1v) is 6.59. The van der Waals surface area contributed by atoms with Gasteiger partial charge < -0.3 is 9.47 Å². The predicted octanol–water partition coefficient (Wildman–Crippen LogP) is 3.18. The number of ether oxygens (including phenoxy) is 2. The number of hydrogen-bond donors (Lipinski definition) is 0. The number of benzene rings is 2. The second-order valence-electron chi connectivity index (χ2n) is 4.59. The van der Waals surface area contributed by atoms with Crippen LogP contribution in [0.2, 0.25) is 0 Å². The van der Waals surface area contributed by atoms with Crippen LogP contribution in [0, 0.1) is 5.82 Å². The molecule has 3 rings (SSSR count). The van der Waals surface area contributed by atoms with Gasteiger partial charge >= 0.3 is 5.97 Å². The van der Waals surface area contributed by atoms with Crippen LogP contribution in [0.25, 0.3) is 6.08 Å². The first-order valence-electron chi connectivity index (χ1n) is 6.59. The van der Waals surface area contributed by atoms with E-state index >= 15 is 0 Å². The van der Waals surface area contributed by atoms with E-state index in [1.165, 1.54) is 19.2 Å². The number of para-hydroxylation sites is 1. The monoisotopic (exact) mass is 297 g/mol. The fraction of sp³-hybridized carbons (Fsp3) is 0.0588. The highest BCUT2D eigenvalue weighted by molar-refractivity contribution is 6.13. The largest absolute Gasteiger partial charge is 0.496 e. The number of cyclic esters (lactones) is 1. The highest BCUT2D eigenvalue weighted by atomic mass is 19.1. The van der Waals surface area contributed by atoms with Gasteiger partial charge in [0.2, 0.25) is 5.90 Å². The lowest BCUT2D eigenvalue weighted by Crippen LogP contribution is -2.06. The number of rotatable bonds is 3. The van der Waals surface area contributed by atoms with Gasteiger partial charge in [0.15, 0.2) is 5.70 Å². The fourth-order valence-electron chi connectivity index (χ4n) is 2.06. The smallest absolute Gasteiger partial charge is 0.363 e. The summed E-state index contributed by atoms with van der Waals surface area (Å²) in [4.78, 5) is 16.1. The summed E-state index contributed by atoms with van der Waals surface area (Å²) in [6.07, 6.45) is 1.55. The molecule has 22 heavy (non-hydrogen) atoms. The standard InChI is InChI=1S/C17H12FNO3/c1-21-15-5-3-2-4-13(15)16-19-14(17(20)22-16)10-11-6-8-12(18)9-7-11/h2-10H,1H3. The number of carbonyl (C=O) groups excluding carboxylic acids is 1. The van der Waals surface area contributed by atoms with Gasteiger partial charge in [0, 0.05) is 0 Å². The van der Waals surface area contributed by atoms with Crippen molar-refractivity contribution in [1.82, 2.24) is 0 Å². The molecular weight excluding hydrogens is 285 g/mol. The summed E-state index contributed by atoms with van der Waals surface area (Å²) >= 11 is 0. The molecule has 2 aromatic rings. The molecule has 0 fully saturated rings. The van der Waals surface area contributed by atoms with Crippen LogP contribution in [-0.2, 0) is 9.53 Å². The number of nitrogens with zero attached hydrogens (tertiary/aromatic N) is 1. The van der Waals surface area contributed by atoms with Gasteiger partial charge in [-0.1, -0.05) is 24.3 Å². The average molecular weight is 297 g/mol. The first kappa shape index (κ1) is 14.0. The van der Waals surface area contributed by atoms with Crippen molar-refractivity contribution in [1.29, 1.82) is 0 Å². The Bertz CT molecular complexity index is 779. The molecule has 0 aromatic heterocycles. The third kappa shape index (κ3) is 2.74. The molecule has 0 aliphatic carbocycles. The Morgan fingerprint density at radius 3 is 2.59 bits per heavy atom. The molecule has 0 saturated heterocycles. The van der Waals surface area contributed by atoms with Gasteiger partial charge in [-0.15, -0.1) is 0 Å². The SMILES string of the molecule is COc1ccccc1C1=NC(=Cc2ccc(F)cc2)C(=O)O1. The molecular formula is C17H12FNO3. The molecule has 0 atom stereocenters. The van der Waals surface area contributed by atoms with Crippen molar-refractivity contribution in [2.24, 2.45) is 4.99 Å². The molecule has 4 nitrogen and oxygen atoms in total. The number of hydrogen-bond acceptors (Lipinski definition) is 4. The zero-order chi connectivity index (χ0) is 15.5. The molecule has 1 aliphatic heterocycles. The fourth-order valence-corrected chi connectivity index (χ4v) is 2.06. The van der Waals surface area contributed by atoms with E-state index in [9.17, 15) is 9.18 Å². The molecule has 1 heterocycles. The summed E-state index contributed by atoms with van der Waals surface area (Å²) in [7, 11) is 1.53. The predicted molar refractivity (Wildman–Crippen MR) is 80.0 cm³/mol. The van der Waals surface area contributed by atoms with Gasteiger partial charge in [-0.2, -0.15) is 0 Å². The number of methoxy groups -OCH3 is 1. The van der Waals surface area contributed by atoms with Crippen LogP contribution in [0.15, 0.2) is 59.2 Å². The quantitative estimate of drug-likeness (QED) is 0.646. The van der Waals surface area contributed by atoms with Gasteiger partial charge in [-0.25, -0.2) is 14.2 Å². The number of halogens is 1. The summed E-state index contributed by atoms with van der Waals surface area (Å²) < 4.78 is 23.3. The third-order valence-corrected chi connectivity index (χ3v) is 3.13. The van der Waals surface area contributed by atoms with Gasteiger partial charge in [0.05, 0.1) is 12.7 Å². The minimum absolute atomic E-state index is 0.160. The summed E-state index contributed by atoms with van der Waals surface area (Å²) in [5.74, 6) is -0.132. The molecule has 5 heteroatoms. The normalized spacial score (nSPS) is 15.6. The second kappa shape index (κ2) is 5.81. The Labute approximate surface area is 126 Å². The van der Waals surface area contributed by atoms with E-state index < -0.39 is 5.97 Å². The number of carbonyl (C=O) groups is 1. The Hall–Kier alpha value is -2.95. The van der Waals surface area contributed by atoms with E-state index in [4.69, 9.17) is 9.47 Å². The lowest BCUT2D eigenvalue weighted by Gasteiger charge is -2.05. The molecule has 1 aliphatic rings. The van der Waals surface area contributed by atoms with Crippen molar-refractivity contribution >= 4 is 17.9 Å². The summed E-state index contributed by atoms with van der Waals surface area (Å²) in [6, 6.07) is 12.9. The molecule has 0 spiro atoms. The lowest BCUT2D eigenvalue weighted by molar-refractivity contribution is -0.129. The van der Waals surface area contributed by atoms with E-state index in [1.807, 2.05) is 6.07 Å². The minimum Gasteiger partial charge on any atom is -0.496 e. The number of esters is 1. The van der Waals surface area contributed by atoms with Gasteiger partial charge in [-0.3, -0.25) is 0 Å². The minimum atomic E-state index is -0.551. The van der Waals surface area contributed by atoms with Crippen LogP contribution in [0.4, 0.5) is 4.39 Å². The van der Waals surface area contributed by atoms with E-state index in [-0.39, 0.29) is 17.4 Å². The average Bonchev–Trinajstić information content (AvgIpc) is 2.90. The molecule has 2 aromatic carbocycles. The first-order chi connectivity index (χ1) is 10.7. The second-order valence-corrected chi connectivity index (χ2v) is 4.59. The maximum absolute atomic E-state index is 12.9. The molecule has 0 bridgehead atoms. The van der Waals surface area contributed by atoms with Crippen molar-refractivity contribution in [2.75, 3.05) is 7.11 Å². The van der Waals surface area contributed by atoms with Gasteiger partial charge in [0.25, 0.3) is 0 Å². The van der Waals surface area contributed by atoms with Crippen molar-refractivity contribution in [3.63, 3.8) is 0 Å². The Balaban J connectivity index is 1.96. The zero-order valence-corrected chi connectivity index (χ0v) is 11.7. The third-order valence-electron chi connectivity index (χ3n) is 3.13. The maximum Gasteiger partial charge on any atom is 0.363 e. The van der Waals surface area contributed by atoms with Crippen LogP contribution in [0.3, 0.4) is 0 Å². The Morgan fingerprint density at radius 1 is 1.14 bits per heavy atom. The Kier molecular flexibility index (Phi) is 3.70. The van der Waals surface area contributed by atoms with Crippen LogP contribution in [-0.4, -0.2) is 19.0 Å². The molecule has 110 valence electrons. The van der Waals surface area contributed by atoms with Crippen LogP contribution >= 0.6 is 0 Å². The maximum atomic E-state index is 12.9. The highest BCUT2D eigenvalue weighted by Gasteiger charge is 2.25. The van der Waals surface area contributed by atoms with Crippen LogP contribution in [0.1, 0.15) is 11.1 Å². The Morgan fingerprint density at radius 2 is 1.86 bits per heavy atom. The van der Waals surface area contributed by atoms with E-state index in [0.29, 0.717) is 16.9 Å². The topological polar surface area (TPSA) is 47.9 Å². The molecule has 0 amide bonds. The van der Waals surface area contributed by atoms with Crippen molar-refractivity contribution in [3.8, 4) is 5.75 Å². The van der Waals surface area contributed by atoms with E-state index in [0.717, 1.165) is 0 Å². The van der Waals surface area contributed by atoms with Crippen molar-refractivity contribution in [3.05, 3.63) is 71.2 Å². The molecule has 0 N–H and O–H groups in total. The van der Waals surface area contributed by atoms with E-state index in [1.54, 1.807) is 36.4 Å². The summed E-state index contributed by atoms with van der Waals surface area (Å²) in [6.45, 7) is 0. The molecule has 0 radical (unpaired) electrons. The summed E-state index contributed by atoms with van der Waals surface area (Å²) in [5.41, 5.74) is 1.42. The molecule has 0 saturated carbocycles. The van der Waals surface area contributed by atoms with Crippen LogP contribution in [0.5, 0.6) is 5.75 Å². The van der Waals surface area contributed by atoms with E-state index in [2.05, 4.69) is 4.99 Å². The van der Waals surface area contributed by atoms with Gasteiger partial charge in [-0.05, 0) is 35.9 Å². The lowest BCUT2D eigenvalue weighted by atomic mass is 10.2. The van der Waals surface area contributed by atoms with Gasteiger partial charge in [0.1, 0.15) is 11.6 Å². The zero-order valence-electron chi connectivity index (χ0n) is 11.7. The highest BCUT2D eigenvalue weighted by Crippen LogP contribution is 2.24. The van der Waals surface area contributed by atoms with Crippen molar-refractivity contribution < 1.29 is 18.7 Å². The summed E-state index contributed by atoms with van der Waals surface area (Å²) in [5, 5.41) is 0.